The third kappa shape index (κ3) is 3.16. The van der Waals surface area contributed by atoms with Crippen LogP contribution >= 0.6 is 0 Å². The molecule has 1 N–H and O–H groups in total. The second-order valence-corrected chi connectivity index (χ2v) is 6.94. The average molecular weight is 367 g/mol. The Hall–Kier alpha value is -3.23. The molecule has 1 atom stereocenters. The summed E-state index contributed by atoms with van der Waals surface area (Å²) in [5, 5.41) is 13.8. The first-order chi connectivity index (χ1) is 13.0. The summed E-state index contributed by atoms with van der Waals surface area (Å²) in [6.45, 7) is 5.77. The number of piperazine rings is 1. The lowest BCUT2D eigenvalue weighted by atomic mass is 10.00. The molecule has 9 nitrogen and oxygen atoms in total. The minimum Gasteiger partial charge on any atom is -0.465 e. The van der Waals surface area contributed by atoms with E-state index < -0.39 is 6.09 Å². The van der Waals surface area contributed by atoms with Crippen LogP contribution in [0.25, 0.3) is 16.9 Å². The van der Waals surface area contributed by atoms with Crippen molar-refractivity contribution in [3.8, 4) is 11.3 Å². The largest absolute Gasteiger partial charge is 0.465 e. The minimum atomic E-state index is -0.863. The summed E-state index contributed by atoms with van der Waals surface area (Å²) in [5.41, 5.74) is 2.23. The van der Waals surface area contributed by atoms with Crippen LogP contribution in [0, 0.1) is 5.92 Å². The van der Waals surface area contributed by atoms with E-state index in [2.05, 4.69) is 20.0 Å². The molecule has 0 aliphatic carbocycles. The normalized spacial score (nSPS) is 17.7. The number of hydrogen-bond acceptors (Lipinski definition) is 6. The maximum Gasteiger partial charge on any atom is 0.407 e. The third-order valence-corrected chi connectivity index (χ3v) is 4.95. The summed E-state index contributed by atoms with van der Waals surface area (Å²) in [4.78, 5) is 28.4. The third-order valence-electron chi connectivity index (χ3n) is 4.95. The van der Waals surface area contributed by atoms with Crippen molar-refractivity contribution in [1.29, 1.82) is 0 Å². The molecule has 1 aliphatic rings. The van der Waals surface area contributed by atoms with Gasteiger partial charge >= 0.3 is 6.09 Å². The van der Waals surface area contributed by atoms with Gasteiger partial charge in [-0.2, -0.15) is 5.10 Å². The van der Waals surface area contributed by atoms with Gasteiger partial charge < -0.3 is 14.9 Å². The number of aromatic nitrogens is 5. The van der Waals surface area contributed by atoms with Gasteiger partial charge in [-0.3, -0.25) is 9.97 Å². The number of carboxylic acid groups (broad SMARTS) is 1. The van der Waals surface area contributed by atoms with Crippen LogP contribution in [0.1, 0.15) is 13.8 Å². The fourth-order valence-corrected chi connectivity index (χ4v) is 3.48. The summed E-state index contributed by atoms with van der Waals surface area (Å²) in [5.74, 6) is 1.03. The van der Waals surface area contributed by atoms with Gasteiger partial charge in [-0.15, -0.1) is 0 Å². The zero-order valence-electron chi connectivity index (χ0n) is 15.2. The Morgan fingerprint density at radius 3 is 2.81 bits per heavy atom. The number of carbonyl (C=O) groups is 1. The molecule has 0 saturated carbocycles. The lowest BCUT2D eigenvalue weighted by Crippen LogP contribution is -2.57. The van der Waals surface area contributed by atoms with Gasteiger partial charge in [0.15, 0.2) is 5.65 Å². The average Bonchev–Trinajstić information content (AvgIpc) is 3.11. The fourth-order valence-electron chi connectivity index (χ4n) is 3.48. The van der Waals surface area contributed by atoms with Gasteiger partial charge in [-0.1, -0.05) is 13.8 Å². The van der Waals surface area contributed by atoms with Crippen LogP contribution in [-0.2, 0) is 0 Å². The predicted molar refractivity (Wildman–Crippen MR) is 99.6 cm³/mol. The van der Waals surface area contributed by atoms with Gasteiger partial charge in [0.2, 0.25) is 0 Å². The Morgan fingerprint density at radius 2 is 2.11 bits per heavy atom. The van der Waals surface area contributed by atoms with E-state index in [1.54, 1.807) is 29.3 Å². The topological polar surface area (TPSA) is 99.8 Å². The number of hydrogen-bond donors (Lipinski definition) is 1. The Balaban J connectivity index is 1.67. The first kappa shape index (κ1) is 17.2. The molecule has 1 saturated heterocycles. The molecular formula is C18H21N7O2. The number of fused-ring (bicyclic) bond motifs is 1. The molecule has 1 aliphatic heterocycles. The van der Waals surface area contributed by atoms with Crippen LogP contribution < -0.4 is 4.90 Å². The number of rotatable bonds is 3. The number of anilines is 1. The van der Waals surface area contributed by atoms with Crippen LogP contribution in [-0.4, -0.2) is 66.3 Å². The molecule has 9 heteroatoms. The van der Waals surface area contributed by atoms with E-state index in [9.17, 15) is 9.90 Å². The van der Waals surface area contributed by atoms with Crippen molar-refractivity contribution in [2.24, 2.45) is 5.92 Å². The molecule has 140 valence electrons. The van der Waals surface area contributed by atoms with Crippen LogP contribution in [0.5, 0.6) is 0 Å². The maximum absolute atomic E-state index is 11.5. The van der Waals surface area contributed by atoms with E-state index in [4.69, 9.17) is 4.98 Å². The molecule has 27 heavy (non-hydrogen) atoms. The predicted octanol–water partition coefficient (Wildman–Crippen LogP) is 2.01. The van der Waals surface area contributed by atoms with E-state index in [1.165, 1.54) is 4.90 Å². The van der Waals surface area contributed by atoms with E-state index in [0.29, 0.717) is 31.0 Å². The van der Waals surface area contributed by atoms with E-state index in [-0.39, 0.29) is 12.0 Å². The highest BCUT2D eigenvalue weighted by Gasteiger charge is 2.33. The highest BCUT2D eigenvalue weighted by atomic mass is 16.4. The second kappa shape index (κ2) is 6.82. The molecule has 1 amide bonds. The molecule has 4 rings (SSSR count). The van der Waals surface area contributed by atoms with E-state index in [0.717, 1.165) is 11.4 Å². The quantitative estimate of drug-likeness (QED) is 0.756. The highest BCUT2D eigenvalue weighted by molar-refractivity contribution is 5.74. The monoisotopic (exact) mass is 367 g/mol. The lowest BCUT2D eigenvalue weighted by Gasteiger charge is -2.42. The molecule has 3 aromatic heterocycles. The van der Waals surface area contributed by atoms with Crippen LogP contribution in [0.3, 0.4) is 0 Å². The molecule has 1 unspecified atom stereocenters. The fraction of sp³-hybridized carbons (Fsp3) is 0.389. The van der Waals surface area contributed by atoms with Gasteiger partial charge in [0.25, 0.3) is 0 Å². The second-order valence-electron chi connectivity index (χ2n) is 6.94. The van der Waals surface area contributed by atoms with Gasteiger partial charge in [-0.05, 0) is 12.0 Å². The van der Waals surface area contributed by atoms with Crippen molar-refractivity contribution in [2.45, 2.75) is 19.9 Å². The van der Waals surface area contributed by atoms with E-state index in [1.807, 2.05) is 26.1 Å². The molecule has 1 fully saturated rings. The van der Waals surface area contributed by atoms with Gasteiger partial charge in [-0.25, -0.2) is 14.3 Å². The Kier molecular flexibility index (Phi) is 4.35. The summed E-state index contributed by atoms with van der Waals surface area (Å²) in [6.07, 6.45) is 7.69. The Morgan fingerprint density at radius 1 is 1.26 bits per heavy atom. The Labute approximate surface area is 156 Å². The van der Waals surface area contributed by atoms with Gasteiger partial charge in [0.1, 0.15) is 5.82 Å². The number of nitrogens with zero attached hydrogens (tertiary/aromatic N) is 7. The molecule has 4 heterocycles. The standard InChI is InChI=1S/C18H21N7O2/c1-12(2)15-11-23(7-8-24(15)18(26)27)16-3-6-25-17(22-16)13(9-21-25)14-10-19-4-5-20-14/h3-6,9-10,12,15H,7-8,11H2,1-2H3,(H,26,27). The van der Waals surface area contributed by atoms with Crippen molar-refractivity contribution in [1.82, 2.24) is 29.5 Å². The molecular weight excluding hydrogens is 346 g/mol. The molecule has 3 aromatic rings. The van der Waals surface area contributed by atoms with Crippen molar-refractivity contribution in [2.75, 3.05) is 24.5 Å². The first-order valence-corrected chi connectivity index (χ1v) is 8.90. The summed E-state index contributed by atoms with van der Waals surface area (Å²) in [7, 11) is 0. The van der Waals surface area contributed by atoms with Crippen LogP contribution in [0.2, 0.25) is 0 Å². The van der Waals surface area contributed by atoms with Crippen LogP contribution in [0.15, 0.2) is 37.1 Å². The van der Waals surface area contributed by atoms with E-state index >= 15 is 0 Å². The smallest absolute Gasteiger partial charge is 0.407 e. The summed E-state index contributed by atoms with van der Waals surface area (Å²) >= 11 is 0. The minimum absolute atomic E-state index is 0.0707. The lowest BCUT2D eigenvalue weighted by molar-refractivity contribution is 0.102. The summed E-state index contributed by atoms with van der Waals surface area (Å²) < 4.78 is 1.71. The van der Waals surface area contributed by atoms with Crippen molar-refractivity contribution in [3.63, 3.8) is 0 Å². The zero-order chi connectivity index (χ0) is 19.0. The van der Waals surface area contributed by atoms with Gasteiger partial charge in [0.05, 0.1) is 29.7 Å². The molecule has 0 aromatic carbocycles. The van der Waals surface area contributed by atoms with Crippen molar-refractivity contribution >= 4 is 17.6 Å². The van der Waals surface area contributed by atoms with Crippen molar-refractivity contribution in [3.05, 3.63) is 37.1 Å². The number of amides is 1. The summed E-state index contributed by atoms with van der Waals surface area (Å²) in [6, 6.07) is 1.84. The highest BCUT2D eigenvalue weighted by Crippen LogP contribution is 2.25. The van der Waals surface area contributed by atoms with Crippen LogP contribution in [0.4, 0.5) is 10.6 Å². The zero-order valence-corrected chi connectivity index (χ0v) is 15.2. The molecule has 0 bridgehead atoms. The molecule has 0 spiro atoms. The van der Waals surface area contributed by atoms with Crippen molar-refractivity contribution < 1.29 is 9.90 Å². The first-order valence-electron chi connectivity index (χ1n) is 8.90. The molecule has 0 radical (unpaired) electrons. The maximum atomic E-state index is 11.5. The Bertz CT molecular complexity index is 957. The SMILES string of the molecule is CC(C)C1CN(c2ccn3ncc(-c4cnccn4)c3n2)CCN1C(=O)O. The van der Waals surface area contributed by atoms with Gasteiger partial charge in [0, 0.05) is 38.2 Å².